The molecule has 8 nitrogen and oxygen atoms in total. The van der Waals surface area contributed by atoms with Gasteiger partial charge in [0.1, 0.15) is 5.82 Å². The van der Waals surface area contributed by atoms with Crippen molar-refractivity contribution in [3.8, 4) is 5.69 Å². The van der Waals surface area contributed by atoms with E-state index in [0.29, 0.717) is 38.3 Å². The van der Waals surface area contributed by atoms with Gasteiger partial charge >= 0.3 is 7.82 Å². The number of aromatic nitrogens is 1. The quantitative estimate of drug-likeness (QED) is 0.386. The number of rotatable bonds is 7. The molecule has 4 rings (SSSR count). The van der Waals surface area contributed by atoms with E-state index in [-0.39, 0.29) is 12.0 Å². The number of carbonyl (C=O) groups excluding carboxylic acids is 1. The first-order valence-electron chi connectivity index (χ1n) is 11.5. The summed E-state index contributed by atoms with van der Waals surface area (Å²) >= 11 is 0. The highest BCUT2D eigenvalue weighted by Gasteiger charge is 2.26. The number of phosphoric ester groups is 1. The normalized spacial score (nSPS) is 15.7. The molecule has 9 heteroatoms. The minimum Gasteiger partial charge on any atom is -0.355 e. The molecule has 3 aromatic rings. The Morgan fingerprint density at radius 2 is 1.65 bits per heavy atom. The summed E-state index contributed by atoms with van der Waals surface area (Å²) in [6.07, 6.45) is 0.942. The van der Waals surface area contributed by atoms with Crippen LogP contribution in [0, 0.1) is 0 Å². The summed E-state index contributed by atoms with van der Waals surface area (Å²) in [5, 5.41) is 0.921. The van der Waals surface area contributed by atoms with Crippen molar-refractivity contribution in [1.29, 1.82) is 0 Å². The summed E-state index contributed by atoms with van der Waals surface area (Å²) < 4.78 is 17.7. The van der Waals surface area contributed by atoms with Crippen LogP contribution in [0.4, 0.5) is 5.82 Å². The fourth-order valence-electron chi connectivity index (χ4n) is 4.52. The number of anilines is 1. The third-order valence-electron chi connectivity index (χ3n) is 6.34. The average molecular weight is 486 g/mol. The molecule has 0 unspecified atom stereocenters. The second-order valence-electron chi connectivity index (χ2n) is 9.66. The minimum atomic E-state index is -4.46. The molecular formula is C25H32N3O5P. The maximum absolute atomic E-state index is 12.3. The van der Waals surface area contributed by atoms with Crippen LogP contribution in [0.2, 0.25) is 0 Å². The molecule has 2 heterocycles. The Hall–Kier alpha value is -2.48. The molecule has 1 aromatic heterocycles. The molecule has 2 N–H and O–H groups in total. The first-order chi connectivity index (χ1) is 16.1. The molecule has 1 aliphatic rings. The van der Waals surface area contributed by atoms with Gasteiger partial charge in [0.05, 0.1) is 17.7 Å². The molecular weight excluding hydrogens is 453 g/mol. The van der Waals surface area contributed by atoms with Crippen LogP contribution in [0.25, 0.3) is 16.6 Å². The molecule has 0 bridgehead atoms. The smallest absolute Gasteiger partial charge is 0.355 e. The number of aldehydes is 1. The first-order valence-corrected chi connectivity index (χ1v) is 13.0. The molecule has 1 aliphatic heterocycles. The summed E-state index contributed by atoms with van der Waals surface area (Å²) in [6.45, 7) is 9.76. The van der Waals surface area contributed by atoms with Gasteiger partial charge in [0.25, 0.3) is 0 Å². The van der Waals surface area contributed by atoms with E-state index >= 15 is 0 Å². The molecule has 182 valence electrons. The number of phosphoric acid groups is 1. The van der Waals surface area contributed by atoms with Gasteiger partial charge in [-0.15, -0.1) is 0 Å². The van der Waals surface area contributed by atoms with Crippen LogP contribution in [-0.2, 0) is 14.5 Å². The van der Waals surface area contributed by atoms with E-state index in [2.05, 4.69) is 63.9 Å². The number of fused-ring (bicyclic) bond motifs is 1. The number of hydrogen-bond acceptors (Lipinski definition) is 5. The van der Waals surface area contributed by atoms with Crippen molar-refractivity contribution in [3.63, 3.8) is 0 Å². The summed E-state index contributed by atoms with van der Waals surface area (Å²) in [5.74, 6) is 0.880. The van der Waals surface area contributed by atoms with Crippen molar-refractivity contribution >= 4 is 30.8 Å². The first kappa shape index (κ1) is 24.6. The largest absolute Gasteiger partial charge is 0.469 e. The number of carbonyl (C=O) groups is 1. The topological polar surface area (TPSA) is 95.2 Å². The number of piperazine rings is 1. The molecule has 0 spiro atoms. The lowest BCUT2D eigenvalue weighted by Gasteiger charge is -2.36. The van der Waals surface area contributed by atoms with Crippen molar-refractivity contribution in [1.82, 2.24) is 9.47 Å². The molecule has 1 saturated heterocycles. The van der Waals surface area contributed by atoms with Crippen molar-refractivity contribution in [2.75, 3.05) is 44.2 Å². The zero-order chi connectivity index (χ0) is 24.5. The van der Waals surface area contributed by atoms with Gasteiger partial charge in [0, 0.05) is 43.8 Å². The van der Waals surface area contributed by atoms with Crippen LogP contribution in [0.1, 0.15) is 36.7 Å². The average Bonchev–Trinajstić information content (AvgIpc) is 3.12. The fourth-order valence-corrected chi connectivity index (χ4v) is 4.84. The van der Waals surface area contributed by atoms with Crippen LogP contribution < -0.4 is 4.90 Å². The standard InChI is InChI=1S/C25H32N3O5P/c1-25(2,3)19-8-10-20(11-9-19)28-23-7-5-4-6-21(23)22(18-29)24(28)27-14-12-26(13-15-27)16-17-33-34(30,31)32/h4-11,18H,12-17H2,1-3H3,(H2,30,31,32). The third-order valence-corrected chi connectivity index (χ3v) is 6.85. The second-order valence-corrected chi connectivity index (χ2v) is 10.9. The highest BCUT2D eigenvalue weighted by Crippen LogP contribution is 2.37. The van der Waals surface area contributed by atoms with Gasteiger partial charge in [-0.3, -0.25) is 18.8 Å². The van der Waals surface area contributed by atoms with E-state index in [4.69, 9.17) is 9.79 Å². The van der Waals surface area contributed by atoms with Crippen molar-refractivity contribution in [2.45, 2.75) is 26.2 Å². The molecule has 0 aliphatic carbocycles. The predicted octanol–water partition coefficient (Wildman–Crippen LogP) is 3.97. The summed E-state index contributed by atoms with van der Waals surface area (Å²) in [6, 6.07) is 16.5. The summed E-state index contributed by atoms with van der Waals surface area (Å²) in [5.41, 5.74) is 3.96. The zero-order valence-corrected chi connectivity index (χ0v) is 20.7. The molecule has 34 heavy (non-hydrogen) atoms. The van der Waals surface area contributed by atoms with E-state index in [9.17, 15) is 9.36 Å². The van der Waals surface area contributed by atoms with Gasteiger partial charge in [0.15, 0.2) is 6.29 Å². The SMILES string of the molecule is CC(C)(C)c1ccc(-n2c(N3CCN(CCOP(=O)(O)O)CC3)c(C=O)c3ccccc32)cc1. The minimum absolute atomic E-state index is 0.0236. The number of para-hydroxylation sites is 1. The van der Waals surface area contributed by atoms with Crippen LogP contribution in [-0.4, -0.2) is 64.9 Å². The van der Waals surface area contributed by atoms with Crippen LogP contribution >= 0.6 is 7.82 Å². The maximum Gasteiger partial charge on any atom is 0.469 e. The lowest BCUT2D eigenvalue weighted by molar-refractivity contribution is 0.112. The monoisotopic (exact) mass is 485 g/mol. The lowest BCUT2D eigenvalue weighted by atomic mass is 9.87. The van der Waals surface area contributed by atoms with Crippen LogP contribution in [0.15, 0.2) is 48.5 Å². The van der Waals surface area contributed by atoms with Gasteiger partial charge in [-0.2, -0.15) is 0 Å². The maximum atomic E-state index is 12.3. The van der Waals surface area contributed by atoms with Crippen LogP contribution in [0.5, 0.6) is 0 Å². The van der Waals surface area contributed by atoms with E-state index in [1.54, 1.807) is 0 Å². The predicted molar refractivity (Wildman–Crippen MR) is 134 cm³/mol. The number of nitrogens with zero attached hydrogens (tertiary/aromatic N) is 3. The molecule has 1 fully saturated rings. The highest BCUT2D eigenvalue weighted by atomic mass is 31.2. The van der Waals surface area contributed by atoms with E-state index in [0.717, 1.165) is 28.7 Å². The second kappa shape index (κ2) is 9.64. The Morgan fingerprint density at radius 3 is 2.24 bits per heavy atom. The van der Waals surface area contributed by atoms with E-state index in [1.165, 1.54) is 5.56 Å². The Bertz CT molecular complexity index is 1200. The Labute approximate surface area is 200 Å². The Balaban J connectivity index is 1.65. The van der Waals surface area contributed by atoms with Crippen molar-refractivity contribution in [3.05, 3.63) is 59.7 Å². The number of benzene rings is 2. The Morgan fingerprint density at radius 1 is 1.00 bits per heavy atom. The van der Waals surface area contributed by atoms with Gasteiger partial charge < -0.3 is 14.7 Å². The number of hydrogen-bond donors (Lipinski definition) is 2. The fraction of sp³-hybridized carbons (Fsp3) is 0.400. The molecule has 0 atom stereocenters. The van der Waals surface area contributed by atoms with Crippen molar-refractivity contribution in [2.24, 2.45) is 0 Å². The van der Waals surface area contributed by atoms with Crippen molar-refractivity contribution < 1.29 is 23.7 Å². The van der Waals surface area contributed by atoms with Gasteiger partial charge in [-0.05, 0) is 29.2 Å². The van der Waals surface area contributed by atoms with Gasteiger partial charge in [-0.1, -0.05) is 51.1 Å². The molecule has 0 amide bonds. The molecule has 2 aromatic carbocycles. The summed E-state index contributed by atoms with van der Waals surface area (Å²) in [4.78, 5) is 34.4. The van der Waals surface area contributed by atoms with Gasteiger partial charge in [0.2, 0.25) is 0 Å². The Kier molecular flexibility index (Phi) is 6.99. The lowest BCUT2D eigenvalue weighted by Crippen LogP contribution is -2.48. The van der Waals surface area contributed by atoms with Gasteiger partial charge in [-0.25, -0.2) is 4.57 Å². The third kappa shape index (κ3) is 5.27. The van der Waals surface area contributed by atoms with E-state index in [1.807, 2.05) is 24.3 Å². The highest BCUT2D eigenvalue weighted by molar-refractivity contribution is 7.46. The summed E-state index contributed by atoms with van der Waals surface area (Å²) in [7, 11) is -4.46. The van der Waals surface area contributed by atoms with Crippen LogP contribution in [0.3, 0.4) is 0 Å². The molecule has 0 radical (unpaired) electrons. The molecule has 0 saturated carbocycles. The van der Waals surface area contributed by atoms with E-state index < -0.39 is 7.82 Å². The zero-order valence-electron chi connectivity index (χ0n) is 19.8.